The Bertz CT molecular complexity index is 801. The minimum Gasteiger partial charge on any atom is -0.268 e. The number of benzene rings is 1. The van der Waals surface area contributed by atoms with Crippen LogP contribution in [0.15, 0.2) is 30.3 Å². The molecule has 5 nitrogen and oxygen atoms in total. The summed E-state index contributed by atoms with van der Waals surface area (Å²) in [7, 11) is 0. The zero-order valence-corrected chi connectivity index (χ0v) is 14.0. The summed E-state index contributed by atoms with van der Waals surface area (Å²) in [6, 6.07) is 4.64. The Kier molecular flexibility index (Phi) is 5.63. The van der Waals surface area contributed by atoms with Crippen molar-refractivity contribution in [1.29, 1.82) is 0 Å². The minimum atomic E-state index is -4.49. The summed E-state index contributed by atoms with van der Waals surface area (Å²) >= 11 is 5.85. The van der Waals surface area contributed by atoms with Gasteiger partial charge in [-0.3, -0.25) is 15.6 Å². The van der Waals surface area contributed by atoms with E-state index in [-0.39, 0.29) is 16.5 Å². The zero-order valence-electron chi connectivity index (χ0n) is 13.3. The van der Waals surface area contributed by atoms with E-state index in [2.05, 4.69) is 20.8 Å². The number of hydrazine groups is 1. The molecule has 0 saturated carbocycles. The molecule has 0 aliphatic rings. The fourth-order valence-electron chi connectivity index (χ4n) is 1.95. The van der Waals surface area contributed by atoms with Crippen molar-refractivity contribution in [2.75, 3.05) is 5.43 Å². The van der Waals surface area contributed by atoms with Crippen molar-refractivity contribution in [3.8, 4) is 0 Å². The highest BCUT2D eigenvalue weighted by Crippen LogP contribution is 2.32. The van der Waals surface area contributed by atoms with Gasteiger partial charge in [-0.05, 0) is 49.8 Å². The topological polar surface area (TPSA) is 66.9 Å². The van der Waals surface area contributed by atoms with Crippen LogP contribution in [0.3, 0.4) is 0 Å². The Labute approximate surface area is 146 Å². The van der Waals surface area contributed by atoms with Crippen LogP contribution >= 0.6 is 11.6 Å². The summed E-state index contributed by atoms with van der Waals surface area (Å²) in [6.07, 6.45) is -2.24. The first-order valence-corrected chi connectivity index (χ1v) is 7.46. The molecular weight excluding hydrogens is 357 g/mol. The molecule has 2 aromatic rings. The molecule has 1 aromatic carbocycles. The molecule has 0 atom stereocenters. The molecular formula is C16H14ClF3N4O. The Hall–Kier alpha value is -2.61. The van der Waals surface area contributed by atoms with Crippen molar-refractivity contribution in [2.24, 2.45) is 0 Å². The maximum absolute atomic E-state index is 12.7. The van der Waals surface area contributed by atoms with E-state index in [0.29, 0.717) is 0 Å². The summed E-state index contributed by atoms with van der Waals surface area (Å²) in [5.74, 6) is -0.396. The van der Waals surface area contributed by atoms with E-state index >= 15 is 0 Å². The first-order chi connectivity index (χ1) is 11.6. The monoisotopic (exact) mass is 370 g/mol. The van der Waals surface area contributed by atoms with Gasteiger partial charge in [-0.15, -0.1) is 0 Å². The molecule has 0 aliphatic heterocycles. The van der Waals surface area contributed by atoms with E-state index in [0.717, 1.165) is 35.7 Å². The predicted octanol–water partition coefficient (Wildman–Crippen LogP) is 3.92. The van der Waals surface area contributed by atoms with Gasteiger partial charge in [0.1, 0.15) is 0 Å². The molecule has 0 unspecified atom stereocenters. The lowest BCUT2D eigenvalue weighted by Crippen LogP contribution is -2.28. The number of rotatable bonds is 4. The van der Waals surface area contributed by atoms with E-state index in [1.165, 1.54) is 6.08 Å². The van der Waals surface area contributed by atoms with Gasteiger partial charge in [-0.2, -0.15) is 13.2 Å². The third kappa shape index (κ3) is 5.46. The Balaban J connectivity index is 2.05. The van der Waals surface area contributed by atoms with Gasteiger partial charge in [-0.1, -0.05) is 11.6 Å². The smallest absolute Gasteiger partial charge is 0.268 e. The number of anilines is 1. The maximum atomic E-state index is 12.7. The Morgan fingerprint density at radius 3 is 2.40 bits per heavy atom. The van der Waals surface area contributed by atoms with Crippen LogP contribution in [0, 0.1) is 13.8 Å². The van der Waals surface area contributed by atoms with Crippen molar-refractivity contribution in [2.45, 2.75) is 20.0 Å². The highest BCUT2D eigenvalue weighted by molar-refractivity contribution is 6.32. The molecule has 2 rings (SSSR count). The highest BCUT2D eigenvalue weighted by atomic mass is 35.5. The van der Waals surface area contributed by atoms with Crippen molar-refractivity contribution in [1.82, 2.24) is 15.4 Å². The molecule has 0 aliphatic carbocycles. The molecule has 1 aromatic heterocycles. The molecule has 0 radical (unpaired) electrons. The van der Waals surface area contributed by atoms with Gasteiger partial charge < -0.3 is 0 Å². The van der Waals surface area contributed by atoms with Crippen LogP contribution in [0.4, 0.5) is 19.1 Å². The molecule has 1 heterocycles. The van der Waals surface area contributed by atoms with Gasteiger partial charge >= 0.3 is 6.18 Å². The van der Waals surface area contributed by atoms with Crippen LogP contribution in [0.2, 0.25) is 5.02 Å². The van der Waals surface area contributed by atoms with E-state index in [1.807, 2.05) is 0 Å². The van der Waals surface area contributed by atoms with Crippen LogP contribution in [-0.2, 0) is 11.0 Å². The Morgan fingerprint density at radius 2 is 1.80 bits per heavy atom. The van der Waals surface area contributed by atoms with Crippen LogP contribution in [-0.4, -0.2) is 15.9 Å². The van der Waals surface area contributed by atoms with Gasteiger partial charge in [-0.25, -0.2) is 9.97 Å². The third-order valence-electron chi connectivity index (χ3n) is 3.02. The lowest BCUT2D eigenvalue weighted by Gasteiger charge is -2.08. The molecule has 0 saturated heterocycles. The number of hydrogen-bond acceptors (Lipinski definition) is 4. The minimum absolute atomic E-state index is 0.0780. The summed E-state index contributed by atoms with van der Waals surface area (Å²) < 4.78 is 38.1. The number of carbonyl (C=O) groups is 1. The van der Waals surface area contributed by atoms with Crippen molar-refractivity contribution < 1.29 is 18.0 Å². The number of halogens is 4. The summed E-state index contributed by atoms with van der Waals surface area (Å²) in [5, 5.41) is 0.0997. The molecule has 0 fully saturated rings. The zero-order chi connectivity index (χ0) is 18.6. The number of alkyl halides is 3. The van der Waals surface area contributed by atoms with Gasteiger partial charge in [0.05, 0.1) is 5.56 Å². The number of hydrogen-bond donors (Lipinski definition) is 2. The number of amides is 1. The van der Waals surface area contributed by atoms with Gasteiger partial charge in [0, 0.05) is 22.5 Å². The summed E-state index contributed by atoms with van der Waals surface area (Å²) in [6.45, 7) is 3.55. The quantitative estimate of drug-likeness (QED) is 0.632. The first-order valence-electron chi connectivity index (χ1n) is 7.08. The van der Waals surface area contributed by atoms with Gasteiger partial charge in [0.25, 0.3) is 5.91 Å². The average Bonchev–Trinajstić information content (AvgIpc) is 2.50. The van der Waals surface area contributed by atoms with Crippen LogP contribution in [0.5, 0.6) is 0 Å². The molecule has 132 valence electrons. The van der Waals surface area contributed by atoms with Crippen molar-refractivity contribution >= 4 is 29.5 Å². The van der Waals surface area contributed by atoms with Gasteiger partial charge in [0.15, 0.2) is 0 Å². The fourth-order valence-corrected chi connectivity index (χ4v) is 2.13. The van der Waals surface area contributed by atoms with E-state index in [4.69, 9.17) is 11.6 Å². The number of nitrogens with zero attached hydrogens (tertiary/aromatic N) is 2. The summed E-state index contributed by atoms with van der Waals surface area (Å²) in [5.41, 5.74) is 5.51. The number of nitrogens with one attached hydrogen (secondary N) is 2. The summed E-state index contributed by atoms with van der Waals surface area (Å²) in [4.78, 5) is 19.9. The second-order valence-corrected chi connectivity index (χ2v) is 5.56. The van der Waals surface area contributed by atoms with E-state index in [1.54, 1.807) is 19.9 Å². The van der Waals surface area contributed by atoms with Crippen molar-refractivity contribution in [3.05, 3.63) is 57.9 Å². The van der Waals surface area contributed by atoms with Crippen LogP contribution < -0.4 is 10.9 Å². The molecule has 9 heteroatoms. The molecule has 2 N–H and O–H groups in total. The molecule has 0 spiro atoms. The van der Waals surface area contributed by atoms with Crippen LogP contribution in [0.25, 0.3) is 6.08 Å². The van der Waals surface area contributed by atoms with Crippen LogP contribution in [0.1, 0.15) is 22.5 Å². The normalized spacial score (nSPS) is 11.6. The predicted molar refractivity (Wildman–Crippen MR) is 88.8 cm³/mol. The Morgan fingerprint density at radius 1 is 1.16 bits per heavy atom. The van der Waals surface area contributed by atoms with E-state index < -0.39 is 17.6 Å². The third-order valence-corrected chi connectivity index (χ3v) is 3.36. The molecule has 1 amide bonds. The highest BCUT2D eigenvalue weighted by Gasteiger charge is 2.30. The lowest BCUT2D eigenvalue weighted by atomic mass is 10.1. The maximum Gasteiger partial charge on any atom is 0.416 e. The standard InChI is InChI=1S/C16H14ClF3N4O/c1-9-7-10(2)22-15(21-9)24-23-14(25)6-3-11-8-12(16(18,19)20)4-5-13(11)17/h3-8H,1-2H3,(H,23,25)(H,21,22,24)/b6-3+. The van der Waals surface area contributed by atoms with Gasteiger partial charge in [0.2, 0.25) is 5.95 Å². The number of aryl methyl sites for hydroxylation is 2. The molecule has 0 bridgehead atoms. The number of aromatic nitrogens is 2. The second-order valence-electron chi connectivity index (χ2n) is 5.16. The fraction of sp³-hybridized carbons (Fsp3) is 0.188. The number of carbonyl (C=O) groups excluding carboxylic acids is 1. The largest absolute Gasteiger partial charge is 0.416 e. The lowest BCUT2D eigenvalue weighted by molar-refractivity contribution is -0.137. The molecule has 25 heavy (non-hydrogen) atoms. The first kappa shape index (κ1) is 18.7. The average molecular weight is 371 g/mol. The second kappa shape index (κ2) is 7.52. The SMILES string of the molecule is Cc1cc(C)nc(NNC(=O)/C=C/c2cc(C(F)(F)F)ccc2Cl)n1. The van der Waals surface area contributed by atoms with Crippen molar-refractivity contribution in [3.63, 3.8) is 0 Å². The van der Waals surface area contributed by atoms with E-state index in [9.17, 15) is 18.0 Å².